The van der Waals surface area contributed by atoms with E-state index in [1.54, 1.807) is 0 Å². The molecule has 0 radical (unpaired) electrons. The predicted molar refractivity (Wildman–Crippen MR) is 69.0 cm³/mol. The number of nitrogens with one attached hydrogen (secondary N) is 1. The maximum absolute atomic E-state index is 12.0. The van der Waals surface area contributed by atoms with Gasteiger partial charge >= 0.3 is 5.97 Å². The number of rotatable bonds is 5. The molecule has 1 fully saturated rings. The van der Waals surface area contributed by atoms with Crippen LogP contribution in [0.5, 0.6) is 0 Å². The van der Waals surface area contributed by atoms with Crippen molar-refractivity contribution in [2.24, 2.45) is 11.7 Å². The van der Waals surface area contributed by atoms with Gasteiger partial charge in [0.05, 0.1) is 6.04 Å². The summed E-state index contributed by atoms with van der Waals surface area (Å²) in [6.07, 6.45) is 4.51. The van der Waals surface area contributed by atoms with Crippen molar-refractivity contribution in [1.29, 1.82) is 0 Å². The van der Waals surface area contributed by atoms with Gasteiger partial charge in [-0.05, 0) is 18.8 Å². The summed E-state index contributed by atoms with van der Waals surface area (Å²) in [5, 5.41) is 12.0. The molecule has 0 aromatic heterocycles. The molecule has 0 aromatic carbocycles. The lowest BCUT2D eigenvalue weighted by atomic mass is 9.81. The fourth-order valence-electron chi connectivity index (χ4n) is 2.38. The molecule has 5 nitrogen and oxygen atoms in total. The number of amides is 1. The summed E-state index contributed by atoms with van der Waals surface area (Å²) in [5.41, 5.74) is 4.75. The van der Waals surface area contributed by atoms with Crippen LogP contribution in [-0.4, -0.2) is 28.6 Å². The summed E-state index contributed by atoms with van der Waals surface area (Å²) >= 11 is 0. The summed E-state index contributed by atoms with van der Waals surface area (Å²) in [4.78, 5) is 23.4. The maximum atomic E-state index is 12.0. The maximum Gasteiger partial charge on any atom is 0.329 e. The Labute approximate surface area is 108 Å². The first-order valence-electron chi connectivity index (χ1n) is 6.74. The molecule has 0 aliphatic heterocycles. The molecular weight excluding hydrogens is 232 g/mol. The molecule has 0 bridgehead atoms. The van der Waals surface area contributed by atoms with Crippen LogP contribution in [0.1, 0.15) is 52.4 Å². The van der Waals surface area contributed by atoms with E-state index >= 15 is 0 Å². The molecule has 0 spiro atoms. The third kappa shape index (κ3) is 3.22. The SMILES string of the molecule is CCC(C)C(N)C(=O)NC1(C(=O)O)CCCCC1. The van der Waals surface area contributed by atoms with E-state index in [2.05, 4.69) is 5.32 Å². The average Bonchev–Trinajstić information content (AvgIpc) is 2.37. The Bertz CT molecular complexity index is 311. The fraction of sp³-hybridized carbons (Fsp3) is 0.846. The second-order valence-electron chi connectivity index (χ2n) is 5.35. The minimum Gasteiger partial charge on any atom is -0.480 e. The molecule has 1 aliphatic rings. The molecule has 0 heterocycles. The van der Waals surface area contributed by atoms with Crippen molar-refractivity contribution in [3.8, 4) is 0 Å². The fourth-order valence-corrected chi connectivity index (χ4v) is 2.38. The molecule has 0 saturated heterocycles. The van der Waals surface area contributed by atoms with Gasteiger partial charge in [0.2, 0.25) is 5.91 Å². The van der Waals surface area contributed by atoms with Gasteiger partial charge in [0.25, 0.3) is 0 Å². The highest BCUT2D eigenvalue weighted by Crippen LogP contribution is 2.28. The normalized spacial score (nSPS) is 21.9. The highest BCUT2D eigenvalue weighted by molar-refractivity contribution is 5.89. The lowest BCUT2D eigenvalue weighted by molar-refractivity contribution is -0.149. The van der Waals surface area contributed by atoms with E-state index in [-0.39, 0.29) is 11.8 Å². The first-order chi connectivity index (χ1) is 8.43. The summed E-state index contributed by atoms with van der Waals surface area (Å²) in [6.45, 7) is 3.87. The van der Waals surface area contributed by atoms with Crippen molar-refractivity contribution in [1.82, 2.24) is 5.32 Å². The third-order valence-electron chi connectivity index (χ3n) is 4.04. The number of nitrogens with two attached hydrogens (primary N) is 1. The second-order valence-corrected chi connectivity index (χ2v) is 5.35. The molecule has 1 rings (SSSR count). The van der Waals surface area contributed by atoms with E-state index in [9.17, 15) is 14.7 Å². The molecule has 1 amide bonds. The van der Waals surface area contributed by atoms with Gasteiger partial charge in [-0.2, -0.15) is 0 Å². The van der Waals surface area contributed by atoms with Gasteiger partial charge in [-0.25, -0.2) is 4.79 Å². The van der Waals surface area contributed by atoms with E-state index in [0.717, 1.165) is 25.7 Å². The van der Waals surface area contributed by atoms with Crippen molar-refractivity contribution in [2.45, 2.75) is 64.0 Å². The highest BCUT2D eigenvalue weighted by Gasteiger charge is 2.42. The van der Waals surface area contributed by atoms with Crippen molar-refractivity contribution in [2.75, 3.05) is 0 Å². The zero-order valence-corrected chi connectivity index (χ0v) is 11.2. The van der Waals surface area contributed by atoms with Crippen LogP contribution in [0, 0.1) is 5.92 Å². The van der Waals surface area contributed by atoms with Crippen molar-refractivity contribution >= 4 is 11.9 Å². The van der Waals surface area contributed by atoms with Gasteiger partial charge < -0.3 is 16.2 Å². The van der Waals surface area contributed by atoms with Crippen LogP contribution < -0.4 is 11.1 Å². The second kappa shape index (κ2) is 6.18. The van der Waals surface area contributed by atoms with E-state index in [1.807, 2.05) is 13.8 Å². The molecule has 18 heavy (non-hydrogen) atoms. The molecule has 104 valence electrons. The van der Waals surface area contributed by atoms with Crippen LogP contribution in [0.2, 0.25) is 0 Å². The largest absolute Gasteiger partial charge is 0.480 e. The lowest BCUT2D eigenvalue weighted by Gasteiger charge is -2.35. The first-order valence-corrected chi connectivity index (χ1v) is 6.74. The number of aliphatic carboxylic acids is 1. The smallest absolute Gasteiger partial charge is 0.329 e. The minimum atomic E-state index is -1.10. The number of carbonyl (C=O) groups is 2. The monoisotopic (exact) mass is 256 g/mol. The standard InChI is InChI=1S/C13H24N2O3/c1-3-9(2)10(14)11(16)15-13(12(17)18)7-5-4-6-8-13/h9-10H,3-8,14H2,1-2H3,(H,15,16)(H,17,18). The predicted octanol–water partition coefficient (Wildman–Crippen LogP) is 1.26. The Balaban J connectivity index is 2.72. The van der Waals surface area contributed by atoms with Gasteiger partial charge in [0.15, 0.2) is 0 Å². The highest BCUT2D eigenvalue weighted by atomic mass is 16.4. The van der Waals surface area contributed by atoms with Gasteiger partial charge in [-0.15, -0.1) is 0 Å². The van der Waals surface area contributed by atoms with Crippen molar-refractivity contribution in [3.63, 3.8) is 0 Å². The zero-order valence-electron chi connectivity index (χ0n) is 11.2. The van der Waals surface area contributed by atoms with E-state index in [4.69, 9.17) is 5.73 Å². The van der Waals surface area contributed by atoms with Gasteiger partial charge in [0.1, 0.15) is 5.54 Å². The van der Waals surface area contributed by atoms with Crippen molar-refractivity contribution in [3.05, 3.63) is 0 Å². The summed E-state index contributed by atoms with van der Waals surface area (Å²) in [5.74, 6) is -1.22. The van der Waals surface area contributed by atoms with Gasteiger partial charge in [-0.3, -0.25) is 4.79 Å². The molecule has 1 aliphatic carbocycles. The molecule has 1 saturated carbocycles. The number of hydrogen-bond acceptors (Lipinski definition) is 3. The topological polar surface area (TPSA) is 92.4 Å². The molecule has 2 unspecified atom stereocenters. The zero-order chi connectivity index (χ0) is 13.8. The van der Waals surface area contributed by atoms with Crippen LogP contribution >= 0.6 is 0 Å². The molecule has 2 atom stereocenters. The Morgan fingerprint density at radius 1 is 1.33 bits per heavy atom. The molecule has 0 aromatic rings. The molecular formula is C13H24N2O3. The van der Waals surface area contributed by atoms with Gasteiger partial charge in [-0.1, -0.05) is 39.5 Å². The summed E-state index contributed by atoms with van der Waals surface area (Å²) < 4.78 is 0. The Kier molecular flexibility index (Phi) is 5.14. The number of carboxylic acid groups (broad SMARTS) is 1. The lowest BCUT2D eigenvalue weighted by Crippen LogP contribution is -2.59. The summed E-state index contributed by atoms with van der Waals surface area (Å²) in [7, 11) is 0. The average molecular weight is 256 g/mol. The van der Waals surface area contributed by atoms with Gasteiger partial charge in [0, 0.05) is 0 Å². The van der Waals surface area contributed by atoms with Crippen LogP contribution in [0.25, 0.3) is 0 Å². The van der Waals surface area contributed by atoms with Crippen LogP contribution in [0.15, 0.2) is 0 Å². The Morgan fingerprint density at radius 3 is 2.33 bits per heavy atom. The van der Waals surface area contributed by atoms with Crippen LogP contribution in [-0.2, 0) is 9.59 Å². The first kappa shape index (κ1) is 15.0. The number of carboxylic acids is 1. The quantitative estimate of drug-likeness (QED) is 0.690. The number of hydrogen-bond donors (Lipinski definition) is 3. The molecule has 4 N–H and O–H groups in total. The Hall–Kier alpha value is -1.10. The minimum absolute atomic E-state index is 0.0550. The Morgan fingerprint density at radius 2 is 1.89 bits per heavy atom. The third-order valence-corrected chi connectivity index (χ3v) is 4.04. The number of carbonyl (C=O) groups excluding carboxylic acids is 1. The summed E-state index contributed by atoms with van der Waals surface area (Å²) in [6, 6.07) is -0.631. The van der Waals surface area contributed by atoms with Crippen LogP contribution in [0.3, 0.4) is 0 Å². The van der Waals surface area contributed by atoms with E-state index in [1.165, 1.54) is 0 Å². The van der Waals surface area contributed by atoms with Crippen molar-refractivity contribution < 1.29 is 14.7 Å². The van der Waals surface area contributed by atoms with E-state index in [0.29, 0.717) is 12.8 Å². The van der Waals surface area contributed by atoms with E-state index < -0.39 is 17.6 Å². The molecule has 5 heteroatoms. The van der Waals surface area contributed by atoms with Crippen LogP contribution in [0.4, 0.5) is 0 Å².